The van der Waals surface area contributed by atoms with E-state index in [2.05, 4.69) is 4.98 Å². The van der Waals surface area contributed by atoms with Gasteiger partial charge in [-0.3, -0.25) is 9.59 Å². The maximum absolute atomic E-state index is 13.3. The van der Waals surface area contributed by atoms with Crippen LogP contribution in [0.15, 0.2) is 53.3 Å². The SMILES string of the molecule is COc1cc(OC)cc(C(=O)N(Cc2cc3ccccc3[nH]c2=O)CC(C)C)c1. The Kier molecular flexibility index (Phi) is 6.22. The number of carbonyl (C=O) groups excluding carboxylic acids is 1. The number of hydrogen-bond acceptors (Lipinski definition) is 4. The molecule has 1 N–H and O–H groups in total. The minimum absolute atomic E-state index is 0.177. The van der Waals surface area contributed by atoms with Crippen molar-refractivity contribution >= 4 is 16.8 Å². The van der Waals surface area contributed by atoms with Crippen molar-refractivity contribution in [1.82, 2.24) is 9.88 Å². The van der Waals surface area contributed by atoms with Gasteiger partial charge in [-0.25, -0.2) is 0 Å². The molecule has 3 aromatic rings. The molecule has 6 nitrogen and oxygen atoms in total. The molecule has 0 saturated carbocycles. The van der Waals surface area contributed by atoms with Gasteiger partial charge in [0.1, 0.15) is 11.5 Å². The molecule has 152 valence electrons. The van der Waals surface area contributed by atoms with Gasteiger partial charge in [-0.2, -0.15) is 0 Å². The first kappa shape index (κ1) is 20.5. The van der Waals surface area contributed by atoms with E-state index in [0.29, 0.717) is 29.2 Å². The molecule has 1 amide bonds. The summed E-state index contributed by atoms with van der Waals surface area (Å²) in [5.74, 6) is 1.15. The summed E-state index contributed by atoms with van der Waals surface area (Å²) < 4.78 is 10.6. The van der Waals surface area contributed by atoms with Crippen LogP contribution in [-0.2, 0) is 6.54 Å². The first-order chi connectivity index (χ1) is 13.9. The quantitative estimate of drug-likeness (QED) is 0.661. The molecule has 0 bridgehead atoms. The highest BCUT2D eigenvalue weighted by molar-refractivity contribution is 5.95. The van der Waals surface area contributed by atoms with E-state index in [1.807, 2.05) is 44.2 Å². The third kappa shape index (κ3) is 4.77. The van der Waals surface area contributed by atoms with Crippen molar-refractivity contribution < 1.29 is 14.3 Å². The second-order valence-electron chi connectivity index (χ2n) is 7.39. The van der Waals surface area contributed by atoms with Gasteiger partial charge in [0, 0.05) is 29.3 Å². The Labute approximate surface area is 170 Å². The van der Waals surface area contributed by atoms with Gasteiger partial charge in [-0.05, 0) is 35.6 Å². The summed E-state index contributed by atoms with van der Waals surface area (Å²) in [7, 11) is 3.09. The van der Waals surface area contributed by atoms with Gasteiger partial charge in [-0.1, -0.05) is 32.0 Å². The third-order valence-electron chi connectivity index (χ3n) is 4.66. The largest absolute Gasteiger partial charge is 0.497 e. The highest BCUT2D eigenvalue weighted by atomic mass is 16.5. The number of rotatable bonds is 7. The van der Waals surface area contributed by atoms with Crippen molar-refractivity contribution in [2.75, 3.05) is 20.8 Å². The van der Waals surface area contributed by atoms with Crippen LogP contribution in [0.1, 0.15) is 29.8 Å². The highest BCUT2D eigenvalue weighted by Crippen LogP contribution is 2.24. The number of pyridine rings is 1. The molecule has 6 heteroatoms. The molecule has 29 heavy (non-hydrogen) atoms. The van der Waals surface area contributed by atoms with E-state index in [-0.39, 0.29) is 23.9 Å². The number of benzene rings is 2. The molecule has 0 atom stereocenters. The molecule has 0 saturated heterocycles. The summed E-state index contributed by atoms with van der Waals surface area (Å²) in [6, 6.07) is 14.5. The molecule has 1 heterocycles. The average Bonchev–Trinajstić information content (AvgIpc) is 2.72. The second-order valence-corrected chi connectivity index (χ2v) is 7.39. The third-order valence-corrected chi connectivity index (χ3v) is 4.66. The summed E-state index contributed by atoms with van der Waals surface area (Å²) in [6.07, 6.45) is 0. The highest BCUT2D eigenvalue weighted by Gasteiger charge is 2.20. The molecule has 0 spiro atoms. The Balaban J connectivity index is 1.97. The van der Waals surface area contributed by atoms with Crippen LogP contribution in [0.5, 0.6) is 11.5 Å². The van der Waals surface area contributed by atoms with Crippen LogP contribution in [-0.4, -0.2) is 36.6 Å². The number of carbonyl (C=O) groups is 1. The van der Waals surface area contributed by atoms with E-state index in [4.69, 9.17) is 9.47 Å². The first-order valence-corrected chi connectivity index (χ1v) is 9.54. The van der Waals surface area contributed by atoms with Crippen LogP contribution in [0.3, 0.4) is 0 Å². The van der Waals surface area contributed by atoms with E-state index >= 15 is 0 Å². The Morgan fingerprint density at radius 1 is 1.03 bits per heavy atom. The van der Waals surface area contributed by atoms with Gasteiger partial charge in [0.05, 0.1) is 20.8 Å². The lowest BCUT2D eigenvalue weighted by atomic mass is 10.1. The molecule has 0 aliphatic rings. The Hall–Kier alpha value is -3.28. The fourth-order valence-electron chi connectivity index (χ4n) is 3.29. The number of H-pyrrole nitrogens is 1. The summed E-state index contributed by atoms with van der Waals surface area (Å²) in [4.78, 5) is 30.5. The molecular weight excluding hydrogens is 368 g/mol. The van der Waals surface area contributed by atoms with E-state index in [1.165, 1.54) is 0 Å². The number of amides is 1. The lowest BCUT2D eigenvalue weighted by Crippen LogP contribution is -2.35. The molecule has 0 unspecified atom stereocenters. The van der Waals surface area contributed by atoms with Gasteiger partial charge in [0.15, 0.2) is 0 Å². The van der Waals surface area contributed by atoms with E-state index < -0.39 is 0 Å². The van der Waals surface area contributed by atoms with Crippen LogP contribution < -0.4 is 15.0 Å². The van der Waals surface area contributed by atoms with Gasteiger partial charge >= 0.3 is 0 Å². The van der Waals surface area contributed by atoms with Gasteiger partial charge in [0.25, 0.3) is 11.5 Å². The zero-order chi connectivity index (χ0) is 21.0. The van der Waals surface area contributed by atoms with E-state index in [1.54, 1.807) is 37.3 Å². The summed E-state index contributed by atoms with van der Waals surface area (Å²) in [5.41, 5.74) is 1.60. The Morgan fingerprint density at radius 3 is 2.31 bits per heavy atom. The predicted octanol–water partition coefficient (Wildman–Crippen LogP) is 3.84. The zero-order valence-corrected chi connectivity index (χ0v) is 17.2. The molecule has 0 fully saturated rings. The molecule has 0 aliphatic carbocycles. The number of aromatic amines is 1. The van der Waals surface area contributed by atoms with Crippen LogP contribution in [0.4, 0.5) is 0 Å². The van der Waals surface area contributed by atoms with Crippen molar-refractivity contribution in [2.45, 2.75) is 20.4 Å². The molecule has 0 radical (unpaired) electrons. The van der Waals surface area contributed by atoms with Crippen molar-refractivity contribution in [1.29, 1.82) is 0 Å². The van der Waals surface area contributed by atoms with Crippen molar-refractivity contribution in [3.05, 3.63) is 70.0 Å². The summed E-state index contributed by atoms with van der Waals surface area (Å²) >= 11 is 0. The monoisotopic (exact) mass is 394 g/mol. The fourth-order valence-corrected chi connectivity index (χ4v) is 3.29. The number of nitrogens with zero attached hydrogens (tertiary/aromatic N) is 1. The maximum atomic E-state index is 13.3. The molecule has 2 aromatic carbocycles. The van der Waals surface area contributed by atoms with Crippen molar-refractivity contribution in [3.8, 4) is 11.5 Å². The summed E-state index contributed by atoms with van der Waals surface area (Å²) in [6.45, 7) is 4.81. The fraction of sp³-hybridized carbons (Fsp3) is 0.304. The lowest BCUT2D eigenvalue weighted by molar-refractivity contribution is 0.0721. The smallest absolute Gasteiger partial charge is 0.254 e. The van der Waals surface area contributed by atoms with Gasteiger partial charge < -0.3 is 19.4 Å². The normalized spacial score (nSPS) is 10.9. The minimum Gasteiger partial charge on any atom is -0.497 e. The zero-order valence-electron chi connectivity index (χ0n) is 17.2. The first-order valence-electron chi connectivity index (χ1n) is 9.54. The van der Waals surface area contributed by atoms with E-state index in [9.17, 15) is 9.59 Å². The molecule has 0 aliphatic heterocycles. The number of ether oxygens (including phenoxy) is 2. The number of para-hydroxylation sites is 1. The Bertz CT molecular complexity index is 1050. The maximum Gasteiger partial charge on any atom is 0.254 e. The van der Waals surface area contributed by atoms with Crippen molar-refractivity contribution in [2.24, 2.45) is 5.92 Å². The second kappa shape index (κ2) is 8.82. The van der Waals surface area contributed by atoms with Gasteiger partial charge in [-0.15, -0.1) is 0 Å². The lowest BCUT2D eigenvalue weighted by Gasteiger charge is -2.25. The molecular formula is C23H26N2O4. The standard InChI is InChI=1S/C23H26N2O4/c1-15(2)13-25(23(27)17-10-19(28-3)12-20(11-17)29-4)14-18-9-16-7-5-6-8-21(16)24-22(18)26/h5-12,15H,13-14H2,1-4H3,(H,24,26). The predicted molar refractivity (Wildman–Crippen MR) is 114 cm³/mol. The van der Waals surface area contributed by atoms with Crippen LogP contribution >= 0.6 is 0 Å². The number of hydrogen-bond donors (Lipinski definition) is 1. The number of aromatic nitrogens is 1. The van der Waals surface area contributed by atoms with Crippen LogP contribution in [0.25, 0.3) is 10.9 Å². The molecule has 3 rings (SSSR count). The number of fused-ring (bicyclic) bond motifs is 1. The van der Waals surface area contributed by atoms with Gasteiger partial charge in [0.2, 0.25) is 0 Å². The average molecular weight is 394 g/mol. The number of methoxy groups -OCH3 is 2. The number of nitrogens with one attached hydrogen (secondary N) is 1. The van der Waals surface area contributed by atoms with Crippen LogP contribution in [0.2, 0.25) is 0 Å². The van der Waals surface area contributed by atoms with Crippen LogP contribution in [0, 0.1) is 5.92 Å². The summed E-state index contributed by atoms with van der Waals surface area (Å²) in [5, 5.41) is 0.932. The minimum atomic E-state index is -0.187. The topological polar surface area (TPSA) is 71.6 Å². The van der Waals surface area contributed by atoms with E-state index in [0.717, 1.165) is 10.9 Å². The Morgan fingerprint density at radius 2 is 1.69 bits per heavy atom. The van der Waals surface area contributed by atoms with Crippen molar-refractivity contribution in [3.63, 3.8) is 0 Å². The molecule has 1 aromatic heterocycles.